The van der Waals surface area contributed by atoms with Crippen LogP contribution in [0.4, 0.5) is 0 Å². The lowest BCUT2D eigenvalue weighted by atomic mass is 9.98. The standard InChI is InChI=1S/C24H26N2O3S/c1-16(2)18-6-8-19(9-7-18)24(22-4-3-11-30-22)26-14-23(27)25-13-17-5-10-20-21(12-17)29-15-28-20/h3-12,16,24,26H,13-15H2,1-2H3,(H,25,27)/t24-/m0/s1. The summed E-state index contributed by atoms with van der Waals surface area (Å²) in [6.45, 7) is 5.31. The molecule has 30 heavy (non-hydrogen) atoms. The van der Waals surface area contributed by atoms with E-state index in [-0.39, 0.29) is 25.3 Å². The van der Waals surface area contributed by atoms with E-state index in [0.717, 1.165) is 22.6 Å². The first kappa shape index (κ1) is 20.4. The second-order valence-corrected chi connectivity index (χ2v) is 8.59. The van der Waals surface area contributed by atoms with Crippen LogP contribution in [0, 0.1) is 0 Å². The fourth-order valence-corrected chi connectivity index (χ4v) is 4.25. The van der Waals surface area contributed by atoms with E-state index < -0.39 is 0 Å². The normalized spacial score (nSPS) is 13.4. The molecule has 0 saturated heterocycles. The Morgan fingerprint density at radius 1 is 1.03 bits per heavy atom. The summed E-state index contributed by atoms with van der Waals surface area (Å²) < 4.78 is 10.7. The van der Waals surface area contributed by atoms with E-state index in [1.54, 1.807) is 11.3 Å². The van der Waals surface area contributed by atoms with E-state index in [4.69, 9.17) is 9.47 Å². The molecule has 6 heteroatoms. The number of fused-ring (bicyclic) bond motifs is 1. The van der Waals surface area contributed by atoms with E-state index in [9.17, 15) is 4.79 Å². The van der Waals surface area contributed by atoms with Crippen LogP contribution in [0.25, 0.3) is 0 Å². The largest absolute Gasteiger partial charge is 0.454 e. The van der Waals surface area contributed by atoms with Crippen LogP contribution in [-0.4, -0.2) is 19.2 Å². The predicted molar refractivity (Wildman–Crippen MR) is 119 cm³/mol. The van der Waals surface area contributed by atoms with Crippen LogP contribution in [0.3, 0.4) is 0 Å². The van der Waals surface area contributed by atoms with Crippen LogP contribution in [0.2, 0.25) is 0 Å². The van der Waals surface area contributed by atoms with Gasteiger partial charge in [-0.2, -0.15) is 0 Å². The van der Waals surface area contributed by atoms with Crippen LogP contribution >= 0.6 is 11.3 Å². The summed E-state index contributed by atoms with van der Waals surface area (Å²) in [6, 6.07) is 18.5. The highest BCUT2D eigenvalue weighted by atomic mass is 32.1. The van der Waals surface area contributed by atoms with Gasteiger partial charge in [-0.3, -0.25) is 10.1 Å². The molecule has 0 unspecified atom stereocenters. The maximum Gasteiger partial charge on any atom is 0.234 e. The number of carbonyl (C=O) groups is 1. The molecule has 0 radical (unpaired) electrons. The second kappa shape index (κ2) is 9.32. The van der Waals surface area contributed by atoms with Gasteiger partial charge in [0.05, 0.1) is 12.6 Å². The molecule has 1 aliphatic heterocycles. The number of amides is 1. The fourth-order valence-electron chi connectivity index (χ4n) is 3.42. The molecule has 0 spiro atoms. The maximum absolute atomic E-state index is 12.5. The average molecular weight is 423 g/mol. The lowest BCUT2D eigenvalue weighted by Gasteiger charge is -2.19. The summed E-state index contributed by atoms with van der Waals surface area (Å²) in [5, 5.41) is 8.45. The van der Waals surface area contributed by atoms with E-state index in [1.807, 2.05) is 24.3 Å². The molecular weight excluding hydrogens is 396 g/mol. The first-order valence-corrected chi connectivity index (χ1v) is 11.0. The molecule has 5 nitrogen and oxygen atoms in total. The van der Waals surface area contributed by atoms with Crippen LogP contribution in [0.1, 0.15) is 47.4 Å². The van der Waals surface area contributed by atoms with Gasteiger partial charge in [0.15, 0.2) is 11.5 Å². The molecule has 1 aromatic heterocycles. The third-order valence-electron chi connectivity index (χ3n) is 5.16. The van der Waals surface area contributed by atoms with Gasteiger partial charge in [-0.15, -0.1) is 11.3 Å². The van der Waals surface area contributed by atoms with Crippen molar-refractivity contribution in [3.63, 3.8) is 0 Å². The zero-order valence-corrected chi connectivity index (χ0v) is 18.0. The Morgan fingerprint density at radius 2 is 1.80 bits per heavy atom. The molecule has 2 aromatic carbocycles. The first-order chi connectivity index (χ1) is 14.6. The highest BCUT2D eigenvalue weighted by molar-refractivity contribution is 7.10. The van der Waals surface area contributed by atoms with Crippen molar-refractivity contribution in [1.82, 2.24) is 10.6 Å². The number of hydrogen-bond donors (Lipinski definition) is 2. The van der Waals surface area contributed by atoms with Gasteiger partial charge in [0.25, 0.3) is 0 Å². The van der Waals surface area contributed by atoms with E-state index in [2.05, 4.69) is 60.2 Å². The highest BCUT2D eigenvalue weighted by Crippen LogP contribution is 2.32. The summed E-state index contributed by atoms with van der Waals surface area (Å²) in [5.41, 5.74) is 3.45. The maximum atomic E-state index is 12.5. The van der Waals surface area contributed by atoms with E-state index >= 15 is 0 Å². The fraction of sp³-hybridized carbons (Fsp3) is 0.292. The number of hydrogen-bond acceptors (Lipinski definition) is 5. The lowest BCUT2D eigenvalue weighted by Crippen LogP contribution is -2.35. The van der Waals surface area contributed by atoms with Gasteiger partial charge >= 0.3 is 0 Å². The van der Waals surface area contributed by atoms with Gasteiger partial charge < -0.3 is 14.8 Å². The molecule has 2 N–H and O–H groups in total. The monoisotopic (exact) mass is 422 g/mol. The minimum Gasteiger partial charge on any atom is -0.454 e. The molecule has 0 aliphatic carbocycles. The van der Waals surface area contributed by atoms with Gasteiger partial charge in [0.2, 0.25) is 12.7 Å². The number of thiophene rings is 1. The van der Waals surface area contributed by atoms with Crippen molar-refractivity contribution in [3.8, 4) is 11.5 Å². The Labute approximate surface area is 181 Å². The van der Waals surface area contributed by atoms with Crippen LogP contribution in [0.15, 0.2) is 60.0 Å². The third-order valence-corrected chi connectivity index (χ3v) is 6.09. The lowest BCUT2D eigenvalue weighted by molar-refractivity contribution is -0.120. The third kappa shape index (κ3) is 4.83. The molecular formula is C24H26N2O3S. The summed E-state index contributed by atoms with van der Waals surface area (Å²) in [5.74, 6) is 1.92. The van der Waals surface area contributed by atoms with Crippen molar-refractivity contribution < 1.29 is 14.3 Å². The summed E-state index contributed by atoms with van der Waals surface area (Å²) in [6.07, 6.45) is 0. The molecule has 0 bridgehead atoms. The topological polar surface area (TPSA) is 59.6 Å². The molecule has 1 atom stereocenters. The quantitative estimate of drug-likeness (QED) is 0.557. The van der Waals surface area contributed by atoms with Gasteiger partial charge in [-0.05, 0) is 46.2 Å². The van der Waals surface area contributed by atoms with Gasteiger partial charge in [0, 0.05) is 11.4 Å². The van der Waals surface area contributed by atoms with Crippen molar-refractivity contribution in [2.24, 2.45) is 0 Å². The minimum atomic E-state index is -0.0481. The summed E-state index contributed by atoms with van der Waals surface area (Å²) in [4.78, 5) is 13.7. The van der Waals surface area contributed by atoms with Crippen molar-refractivity contribution in [2.45, 2.75) is 32.4 Å². The molecule has 2 heterocycles. The zero-order valence-electron chi connectivity index (χ0n) is 17.2. The predicted octanol–water partition coefficient (Wildman–Crippen LogP) is 4.60. The molecule has 0 fully saturated rings. The van der Waals surface area contributed by atoms with Crippen molar-refractivity contribution in [1.29, 1.82) is 0 Å². The Morgan fingerprint density at radius 3 is 2.53 bits per heavy atom. The van der Waals surface area contributed by atoms with E-state index in [0.29, 0.717) is 12.5 Å². The van der Waals surface area contributed by atoms with Crippen molar-refractivity contribution in [2.75, 3.05) is 13.3 Å². The summed E-state index contributed by atoms with van der Waals surface area (Å²) >= 11 is 1.69. The van der Waals surface area contributed by atoms with Gasteiger partial charge in [-0.25, -0.2) is 0 Å². The molecule has 4 rings (SSSR count). The van der Waals surface area contributed by atoms with E-state index in [1.165, 1.54) is 10.4 Å². The number of carbonyl (C=O) groups excluding carboxylic acids is 1. The molecule has 3 aromatic rings. The first-order valence-electron chi connectivity index (χ1n) is 10.1. The molecule has 1 aliphatic rings. The van der Waals surface area contributed by atoms with Crippen LogP contribution < -0.4 is 20.1 Å². The molecule has 1 amide bonds. The molecule has 0 saturated carbocycles. The van der Waals surface area contributed by atoms with Gasteiger partial charge in [-0.1, -0.05) is 50.2 Å². The minimum absolute atomic E-state index is 0.0116. The smallest absolute Gasteiger partial charge is 0.234 e. The highest BCUT2D eigenvalue weighted by Gasteiger charge is 2.17. The Balaban J connectivity index is 1.37. The SMILES string of the molecule is CC(C)c1ccc([C@H](NCC(=O)NCc2ccc3c(c2)OCO3)c2cccs2)cc1. The number of nitrogens with one attached hydrogen (secondary N) is 2. The van der Waals surface area contributed by atoms with Crippen molar-refractivity contribution in [3.05, 3.63) is 81.5 Å². The van der Waals surface area contributed by atoms with Crippen LogP contribution in [-0.2, 0) is 11.3 Å². The number of rotatable bonds is 8. The van der Waals surface area contributed by atoms with Crippen LogP contribution in [0.5, 0.6) is 11.5 Å². The second-order valence-electron chi connectivity index (χ2n) is 7.62. The average Bonchev–Trinajstić information content (AvgIpc) is 3.44. The Hall–Kier alpha value is -2.83. The van der Waals surface area contributed by atoms with Crippen molar-refractivity contribution >= 4 is 17.2 Å². The Bertz CT molecular complexity index is 984. The number of ether oxygens (including phenoxy) is 2. The number of benzene rings is 2. The zero-order chi connectivity index (χ0) is 20.9. The molecule has 156 valence electrons. The Kier molecular flexibility index (Phi) is 6.35. The van der Waals surface area contributed by atoms with Gasteiger partial charge in [0.1, 0.15) is 0 Å². The summed E-state index contributed by atoms with van der Waals surface area (Å²) in [7, 11) is 0.